The molecule has 1 atom stereocenters. The third-order valence-corrected chi connectivity index (χ3v) is 3.88. The number of aromatic hydroxyl groups is 3. The fraction of sp³-hybridized carbons (Fsp3) is 0.235. The molecule has 0 bridgehead atoms. The Balaban J connectivity index is 1.91. The van der Waals surface area contributed by atoms with Gasteiger partial charge in [-0.05, 0) is 24.1 Å². The number of fused-ring (bicyclic) bond motifs is 1. The number of rotatable bonds is 3. The van der Waals surface area contributed by atoms with E-state index in [9.17, 15) is 20.1 Å². The van der Waals surface area contributed by atoms with E-state index >= 15 is 0 Å². The second-order valence-electron chi connectivity index (χ2n) is 5.39. The van der Waals surface area contributed by atoms with Crippen molar-refractivity contribution in [2.24, 2.45) is 5.92 Å². The predicted molar refractivity (Wildman–Crippen MR) is 81.4 cm³/mol. The van der Waals surface area contributed by atoms with E-state index in [0.717, 1.165) is 5.56 Å². The topological polar surface area (TPSA) is 96.2 Å². The first kappa shape index (κ1) is 15.0. The molecule has 0 aromatic heterocycles. The molecule has 0 spiro atoms. The highest BCUT2D eigenvalue weighted by molar-refractivity contribution is 6.05. The zero-order valence-electron chi connectivity index (χ0n) is 12.4. The summed E-state index contributed by atoms with van der Waals surface area (Å²) in [7, 11) is 1.35. The number of ketones is 1. The highest BCUT2D eigenvalue weighted by Gasteiger charge is 2.35. The summed E-state index contributed by atoms with van der Waals surface area (Å²) in [5, 5.41) is 29.4. The Morgan fingerprint density at radius 2 is 1.91 bits per heavy atom. The van der Waals surface area contributed by atoms with Crippen LogP contribution in [0.15, 0.2) is 30.3 Å². The highest BCUT2D eigenvalue weighted by atomic mass is 16.5. The van der Waals surface area contributed by atoms with Crippen molar-refractivity contribution in [3.8, 4) is 28.7 Å². The average Bonchev–Trinajstić information content (AvgIpc) is 2.54. The first-order valence-corrected chi connectivity index (χ1v) is 7.09. The first-order valence-electron chi connectivity index (χ1n) is 7.09. The molecule has 0 amide bonds. The monoisotopic (exact) mass is 316 g/mol. The Labute approximate surface area is 132 Å². The molecule has 2 aromatic carbocycles. The summed E-state index contributed by atoms with van der Waals surface area (Å²) in [6.07, 6.45) is 0.408. The van der Waals surface area contributed by atoms with Crippen LogP contribution in [0.25, 0.3) is 0 Å². The van der Waals surface area contributed by atoms with Crippen molar-refractivity contribution in [1.29, 1.82) is 0 Å². The zero-order chi connectivity index (χ0) is 16.6. The minimum absolute atomic E-state index is 0.0293. The quantitative estimate of drug-likeness (QED) is 0.752. The fourth-order valence-electron chi connectivity index (χ4n) is 2.68. The molecule has 1 aliphatic heterocycles. The molecular weight excluding hydrogens is 300 g/mol. The second-order valence-corrected chi connectivity index (χ2v) is 5.39. The third-order valence-electron chi connectivity index (χ3n) is 3.88. The summed E-state index contributed by atoms with van der Waals surface area (Å²) in [5.74, 6) is -1.20. The van der Waals surface area contributed by atoms with Crippen LogP contribution in [0.5, 0.6) is 28.7 Å². The summed E-state index contributed by atoms with van der Waals surface area (Å²) in [5.41, 5.74) is 0.837. The van der Waals surface area contributed by atoms with Crippen LogP contribution in [-0.2, 0) is 6.42 Å². The van der Waals surface area contributed by atoms with E-state index in [0.29, 0.717) is 6.42 Å². The van der Waals surface area contributed by atoms with Gasteiger partial charge in [-0.15, -0.1) is 0 Å². The van der Waals surface area contributed by atoms with E-state index in [1.165, 1.54) is 13.2 Å². The molecular formula is C17H16O6. The lowest BCUT2D eigenvalue weighted by atomic mass is 9.89. The van der Waals surface area contributed by atoms with Gasteiger partial charge in [0.1, 0.15) is 17.1 Å². The normalized spacial score (nSPS) is 16.6. The molecule has 2 aromatic rings. The number of carbonyl (C=O) groups is 1. The van der Waals surface area contributed by atoms with Crippen LogP contribution in [0.4, 0.5) is 0 Å². The fourth-order valence-corrected chi connectivity index (χ4v) is 2.68. The van der Waals surface area contributed by atoms with Crippen molar-refractivity contribution in [1.82, 2.24) is 0 Å². The largest absolute Gasteiger partial charge is 0.508 e. The van der Waals surface area contributed by atoms with Crippen LogP contribution in [0, 0.1) is 5.92 Å². The first-order chi connectivity index (χ1) is 11.0. The Hall–Kier alpha value is -2.89. The van der Waals surface area contributed by atoms with Gasteiger partial charge in [-0.1, -0.05) is 12.1 Å². The summed E-state index contributed by atoms with van der Waals surface area (Å²) in [6, 6.07) is 7.74. The second kappa shape index (κ2) is 5.72. The van der Waals surface area contributed by atoms with E-state index in [-0.39, 0.29) is 46.7 Å². The standard InChI is InChI=1S/C17H16O6/c1-22-13-7-12(19)14-15(20)10(8-23-17(14)16(13)21)6-9-2-4-11(18)5-3-9/h2-5,7,10,18-19,21H,6,8H2,1H3/t10-/m1/s1. The Morgan fingerprint density at radius 1 is 1.22 bits per heavy atom. The van der Waals surface area contributed by atoms with Gasteiger partial charge in [0.2, 0.25) is 5.75 Å². The number of hydrogen-bond acceptors (Lipinski definition) is 6. The Kier molecular flexibility index (Phi) is 3.73. The minimum Gasteiger partial charge on any atom is -0.508 e. The van der Waals surface area contributed by atoms with E-state index in [1.807, 2.05) is 0 Å². The van der Waals surface area contributed by atoms with Gasteiger partial charge in [0, 0.05) is 6.07 Å². The molecule has 6 nitrogen and oxygen atoms in total. The van der Waals surface area contributed by atoms with Gasteiger partial charge in [-0.25, -0.2) is 0 Å². The molecule has 0 unspecified atom stereocenters. The molecule has 3 rings (SSSR count). The van der Waals surface area contributed by atoms with Crippen molar-refractivity contribution in [3.05, 3.63) is 41.5 Å². The van der Waals surface area contributed by atoms with E-state index in [2.05, 4.69) is 0 Å². The predicted octanol–water partition coefficient (Wildman–Crippen LogP) is 2.25. The smallest absolute Gasteiger partial charge is 0.201 e. The minimum atomic E-state index is -0.481. The van der Waals surface area contributed by atoms with Gasteiger partial charge in [0.25, 0.3) is 0 Å². The van der Waals surface area contributed by atoms with Crippen molar-refractivity contribution >= 4 is 5.78 Å². The average molecular weight is 316 g/mol. The molecule has 6 heteroatoms. The van der Waals surface area contributed by atoms with Crippen LogP contribution in [0.3, 0.4) is 0 Å². The number of phenols is 3. The van der Waals surface area contributed by atoms with Crippen LogP contribution < -0.4 is 9.47 Å². The zero-order valence-corrected chi connectivity index (χ0v) is 12.4. The number of carbonyl (C=O) groups excluding carboxylic acids is 1. The maximum atomic E-state index is 12.6. The van der Waals surface area contributed by atoms with Crippen molar-refractivity contribution in [2.75, 3.05) is 13.7 Å². The Bertz CT molecular complexity index is 751. The third kappa shape index (κ3) is 2.63. The van der Waals surface area contributed by atoms with E-state index in [4.69, 9.17) is 9.47 Å². The van der Waals surface area contributed by atoms with Gasteiger partial charge >= 0.3 is 0 Å². The maximum Gasteiger partial charge on any atom is 0.201 e. The molecule has 1 heterocycles. The van der Waals surface area contributed by atoms with Gasteiger partial charge in [0.05, 0.1) is 19.6 Å². The molecule has 3 N–H and O–H groups in total. The SMILES string of the molecule is COc1cc(O)c2c(c1O)OC[C@@H](Cc1ccc(O)cc1)C2=O. The summed E-state index contributed by atoms with van der Waals surface area (Å²) in [6.45, 7) is 0.0902. The van der Waals surface area contributed by atoms with Crippen molar-refractivity contribution in [3.63, 3.8) is 0 Å². The van der Waals surface area contributed by atoms with Gasteiger partial charge in [-0.2, -0.15) is 0 Å². The molecule has 0 aliphatic carbocycles. The summed E-state index contributed by atoms with van der Waals surface area (Å²) < 4.78 is 10.4. The maximum absolute atomic E-state index is 12.6. The van der Waals surface area contributed by atoms with Gasteiger partial charge in [0.15, 0.2) is 17.3 Å². The molecule has 0 fully saturated rings. The Morgan fingerprint density at radius 3 is 2.57 bits per heavy atom. The highest BCUT2D eigenvalue weighted by Crippen LogP contribution is 2.47. The van der Waals surface area contributed by atoms with Gasteiger partial charge < -0.3 is 24.8 Å². The van der Waals surface area contributed by atoms with Crippen molar-refractivity contribution < 1.29 is 29.6 Å². The molecule has 120 valence electrons. The number of phenolic OH excluding ortho intramolecular Hbond substituents is 3. The van der Waals surface area contributed by atoms with Crippen LogP contribution in [0.1, 0.15) is 15.9 Å². The number of methoxy groups -OCH3 is 1. The molecule has 0 radical (unpaired) electrons. The van der Waals surface area contributed by atoms with E-state index < -0.39 is 5.92 Å². The molecule has 23 heavy (non-hydrogen) atoms. The molecule has 1 aliphatic rings. The van der Waals surface area contributed by atoms with E-state index in [1.54, 1.807) is 24.3 Å². The van der Waals surface area contributed by atoms with Crippen LogP contribution >= 0.6 is 0 Å². The summed E-state index contributed by atoms with van der Waals surface area (Å²) in [4.78, 5) is 12.6. The lowest BCUT2D eigenvalue weighted by Gasteiger charge is -2.26. The number of Topliss-reactive ketones (excluding diaryl/α,β-unsaturated/α-hetero) is 1. The number of ether oxygens (including phenoxy) is 2. The number of hydrogen-bond donors (Lipinski definition) is 3. The lowest BCUT2D eigenvalue weighted by Crippen LogP contribution is -2.29. The molecule has 0 saturated carbocycles. The van der Waals surface area contributed by atoms with Crippen molar-refractivity contribution in [2.45, 2.75) is 6.42 Å². The summed E-state index contributed by atoms with van der Waals surface area (Å²) >= 11 is 0. The van der Waals surface area contributed by atoms with Crippen LogP contribution in [-0.4, -0.2) is 34.8 Å². The van der Waals surface area contributed by atoms with Gasteiger partial charge in [-0.3, -0.25) is 4.79 Å². The number of benzene rings is 2. The van der Waals surface area contributed by atoms with Crippen LogP contribution in [0.2, 0.25) is 0 Å². The lowest BCUT2D eigenvalue weighted by molar-refractivity contribution is 0.0820. The molecule has 0 saturated heterocycles.